The van der Waals surface area contributed by atoms with Gasteiger partial charge >= 0.3 is 0 Å². The Bertz CT molecular complexity index is 619. The Hall–Kier alpha value is -1.43. The first-order valence-corrected chi connectivity index (χ1v) is 9.14. The lowest BCUT2D eigenvalue weighted by Crippen LogP contribution is -2.41. The standard InChI is InChI=1S/C20H30N2O3/c1-16-4-5-17(2)18(10-16)12-21-6-9-25-15-20(13-21)11-19(23)22(14-20)7-8-24-3/h4-5,10H,6-9,11-15H2,1-3H3. The van der Waals surface area contributed by atoms with Gasteiger partial charge in [0.05, 0.1) is 19.8 Å². The molecule has 1 amide bonds. The second-order valence-corrected chi connectivity index (χ2v) is 7.68. The number of hydrogen-bond donors (Lipinski definition) is 0. The molecule has 2 fully saturated rings. The zero-order valence-corrected chi connectivity index (χ0v) is 15.7. The van der Waals surface area contributed by atoms with Gasteiger partial charge in [-0.3, -0.25) is 9.69 Å². The van der Waals surface area contributed by atoms with Crippen LogP contribution in [0.25, 0.3) is 0 Å². The van der Waals surface area contributed by atoms with Crippen LogP contribution in [0.2, 0.25) is 0 Å². The third-order valence-corrected chi connectivity index (χ3v) is 5.39. The van der Waals surface area contributed by atoms with Crippen molar-refractivity contribution in [2.24, 2.45) is 5.41 Å². The summed E-state index contributed by atoms with van der Waals surface area (Å²) in [6.07, 6.45) is 0.583. The lowest BCUT2D eigenvalue weighted by Gasteiger charge is -2.31. The van der Waals surface area contributed by atoms with Crippen LogP contribution in [0, 0.1) is 19.3 Å². The highest BCUT2D eigenvalue weighted by Gasteiger charge is 2.45. The highest BCUT2D eigenvalue weighted by atomic mass is 16.5. The van der Waals surface area contributed by atoms with E-state index in [-0.39, 0.29) is 11.3 Å². The summed E-state index contributed by atoms with van der Waals surface area (Å²) in [6, 6.07) is 6.63. The average Bonchev–Trinajstić information content (AvgIpc) is 2.74. The molecule has 0 aromatic heterocycles. The number of carbonyl (C=O) groups is 1. The molecule has 1 aromatic rings. The minimum atomic E-state index is -0.0843. The predicted molar refractivity (Wildman–Crippen MR) is 97.5 cm³/mol. The van der Waals surface area contributed by atoms with Crippen molar-refractivity contribution >= 4 is 5.91 Å². The average molecular weight is 346 g/mol. The van der Waals surface area contributed by atoms with Crippen molar-refractivity contribution in [1.29, 1.82) is 0 Å². The summed E-state index contributed by atoms with van der Waals surface area (Å²) in [7, 11) is 1.68. The van der Waals surface area contributed by atoms with E-state index in [9.17, 15) is 4.79 Å². The summed E-state index contributed by atoms with van der Waals surface area (Å²) in [5.41, 5.74) is 3.91. The van der Waals surface area contributed by atoms with Crippen LogP contribution in [0.3, 0.4) is 0 Å². The fourth-order valence-corrected chi connectivity index (χ4v) is 4.02. The molecule has 0 radical (unpaired) electrons. The molecular weight excluding hydrogens is 316 g/mol. The third kappa shape index (κ3) is 4.40. The van der Waals surface area contributed by atoms with Gasteiger partial charge in [0.2, 0.25) is 5.91 Å². The second kappa shape index (κ2) is 7.85. The van der Waals surface area contributed by atoms with Gasteiger partial charge in [0.25, 0.3) is 0 Å². The molecule has 0 aliphatic carbocycles. The van der Waals surface area contributed by atoms with Crippen molar-refractivity contribution in [2.75, 3.05) is 53.1 Å². The van der Waals surface area contributed by atoms with Gasteiger partial charge in [-0.25, -0.2) is 0 Å². The van der Waals surface area contributed by atoms with Gasteiger partial charge in [-0.05, 0) is 25.0 Å². The molecule has 1 spiro atoms. The normalized spacial score (nSPS) is 24.9. The predicted octanol–water partition coefficient (Wildman–Crippen LogP) is 2.00. The van der Waals surface area contributed by atoms with E-state index in [0.29, 0.717) is 26.2 Å². The minimum absolute atomic E-state index is 0.0843. The van der Waals surface area contributed by atoms with Gasteiger partial charge in [-0.1, -0.05) is 23.8 Å². The van der Waals surface area contributed by atoms with Crippen molar-refractivity contribution in [1.82, 2.24) is 9.80 Å². The Balaban J connectivity index is 1.71. The van der Waals surface area contributed by atoms with Crippen molar-refractivity contribution in [2.45, 2.75) is 26.8 Å². The van der Waals surface area contributed by atoms with E-state index in [2.05, 4.69) is 36.9 Å². The molecule has 0 bridgehead atoms. The maximum Gasteiger partial charge on any atom is 0.223 e. The number of nitrogens with zero attached hydrogens (tertiary/aromatic N) is 2. The number of ether oxygens (including phenoxy) is 2. The van der Waals surface area contributed by atoms with E-state index in [1.807, 2.05) is 4.90 Å². The first-order valence-electron chi connectivity index (χ1n) is 9.14. The fraction of sp³-hybridized carbons (Fsp3) is 0.650. The molecular formula is C20H30N2O3. The third-order valence-electron chi connectivity index (χ3n) is 5.39. The number of likely N-dealkylation sites (tertiary alicyclic amines) is 1. The van der Waals surface area contributed by atoms with Crippen LogP contribution in [0.4, 0.5) is 0 Å². The minimum Gasteiger partial charge on any atom is -0.383 e. The van der Waals surface area contributed by atoms with Gasteiger partial charge in [0.15, 0.2) is 0 Å². The molecule has 1 atom stereocenters. The number of rotatable bonds is 5. The topological polar surface area (TPSA) is 42.0 Å². The molecule has 2 aliphatic heterocycles. The Morgan fingerprint density at radius 2 is 2.12 bits per heavy atom. The van der Waals surface area contributed by atoms with Crippen molar-refractivity contribution in [3.63, 3.8) is 0 Å². The van der Waals surface area contributed by atoms with E-state index in [1.165, 1.54) is 16.7 Å². The summed E-state index contributed by atoms with van der Waals surface area (Å²) in [5.74, 6) is 0.231. The van der Waals surface area contributed by atoms with E-state index in [0.717, 1.165) is 32.8 Å². The van der Waals surface area contributed by atoms with Crippen LogP contribution in [0.15, 0.2) is 18.2 Å². The summed E-state index contributed by atoms with van der Waals surface area (Å²) < 4.78 is 11.0. The van der Waals surface area contributed by atoms with Gasteiger partial charge in [0, 0.05) is 51.7 Å². The number of carbonyl (C=O) groups excluding carboxylic acids is 1. The Kier molecular flexibility index (Phi) is 5.77. The van der Waals surface area contributed by atoms with Crippen LogP contribution in [-0.4, -0.2) is 68.8 Å². The summed E-state index contributed by atoms with van der Waals surface area (Å²) in [6.45, 7) is 10.5. The van der Waals surface area contributed by atoms with E-state index in [1.54, 1.807) is 7.11 Å². The molecule has 3 rings (SSSR count). The number of methoxy groups -OCH3 is 1. The lowest BCUT2D eigenvalue weighted by molar-refractivity contribution is -0.128. The fourth-order valence-electron chi connectivity index (χ4n) is 4.02. The zero-order valence-electron chi connectivity index (χ0n) is 15.7. The summed E-state index contributed by atoms with van der Waals surface area (Å²) in [5, 5.41) is 0. The van der Waals surface area contributed by atoms with Gasteiger partial charge in [-0.15, -0.1) is 0 Å². The van der Waals surface area contributed by atoms with Gasteiger partial charge in [-0.2, -0.15) is 0 Å². The Labute approximate surface area is 150 Å². The molecule has 1 unspecified atom stereocenters. The van der Waals surface area contributed by atoms with Crippen LogP contribution >= 0.6 is 0 Å². The molecule has 5 nitrogen and oxygen atoms in total. The second-order valence-electron chi connectivity index (χ2n) is 7.68. The molecule has 25 heavy (non-hydrogen) atoms. The molecule has 2 saturated heterocycles. The zero-order chi connectivity index (χ0) is 17.9. The number of amides is 1. The molecule has 1 aromatic carbocycles. The van der Waals surface area contributed by atoms with E-state index >= 15 is 0 Å². The monoisotopic (exact) mass is 346 g/mol. The number of hydrogen-bond acceptors (Lipinski definition) is 4. The lowest BCUT2D eigenvalue weighted by atomic mass is 9.87. The molecule has 138 valence electrons. The Morgan fingerprint density at radius 1 is 1.28 bits per heavy atom. The van der Waals surface area contributed by atoms with Crippen LogP contribution < -0.4 is 0 Å². The quantitative estimate of drug-likeness (QED) is 0.818. The number of benzene rings is 1. The molecule has 2 aliphatic rings. The molecule has 0 N–H and O–H groups in total. The highest BCUT2D eigenvalue weighted by molar-refractivity contribution is 5.79. The van der Waals surface area contributed by atoms with E-state index in [4.69, 9.17) is 9.47 Å². The summed E-state index contributed by atoms with van der Waals surface area (Å²) in [4.78, 5) is 16.8. The summed E-state index contributed by atoms with van der Waals surface area (Å²) >= 11 is 0. The van der Waals surface area contributed by atoms with E-state index < -0.39 is 0 Å². The Morgan fingerprint density at radius 3 is 2.92 bits per heavy atom. The molecule has 5 heteroatoms. The number of aryl methyl sites for hydroxylation is 2. The van der Waals surface area contributed by atoms with Crippen molar-refractivity contribution in [3.05, 3.63) is 34.9 Å². The van der Waals surface area contributed by atoms with Crippen molar-refractivity contribution in [3.8, 4) is 0 Å². The maximum absolute atomic E-state index is 12.4. The first-order chi connectivity index (χ1) is 12.0. The first kappa shape index (κ1) is 18.4. The maximum atomic E-state index is 12.4. The molecule has 0 saturated carbocycles. The molecule has 2 heterocycles. The van der Waals surface area contributed by atoms with Crippen LogP contribution in [0.1, 0.15) is 23.1 Å². The van der Waals surface area contributed by atoms with Gasteiger partial charge < -0.3 is 14.4 Å². The SMILES string of the molecule is COCCN1CC2(COCCN(Cc3cc(C)ccc3C)C2)CC1=O. The van der Waals surface area contributed by atoms with Crippen LogP contribution in [0.5, 0.6) is 0 Å². The van der Waals surface area contributed by atoms with Crippen molar-refractivity contribution < 1.29 is 14.3 Å². The highest BCUT2D eigenvalue weighted by Crippen LogP contribution is 2.34. The van der Waals surface area contributed by atoms with Crippen LogP contribution in [-0.2, 0) is 20.8 Å². The van der Waals surface area contributed by atoms with Gasteiger partial charge in [0.1, 0.15) is 0 Å². The smallest absolute Gasteiger partial charge is 0.223 e. The largest absolute Gasteiger partial charge is 0.383 e.